The number of alkyl halides is 1. The van der Waals surface area contributed by atoms with Crippen LogP contribution in [0.15, 0.2) is 35.6 Å². The highest BCUT2D eigenvalue weighted by Gasteiger charge is 2.38. The standard InChI is InChI=1S/C20H21F2N5O3/c1-20(9-18(29)27(2)19(23)26-20)13-7-12(3-4-14(13)22)8-16(28)15-10-25-17(11-24-15)30-6-5-21/h3-4,7,10-11H,5-6,8-9H2,1-2H3,(H2,23,26). The van der Waals surface area contributed by atoms with E-state index in [-0.39, 0.29) is 54.2 Å². The largest absolute Gasteiger partial charge is 0.474 e. The molecule has 2 heterocycles. The van der Waals surface area contributed by atoms with Gasteiger partial charge < -0.3 is 10.5 Å². The first-order valence-corrected chi connectivity index (χ1v) is 9.18. The van der Waals surface area contributed by atoms with Gasteiger partial charge in [0.1, 0.15) is 24.8 Å². The Morgan fingerprint density at radius 1 is 1.33 bits per heavy atom. The van der Waals surface area contributed by atoms with E-state index >= 15 is 0 Å². The molecule has 0 saturated heterocycles. The lowest BCUT2D eigenvalue weighted by Crippen LogP contribution is -2.47. The van der Waals surface area contributed by atoms with Crippen LogP contribution in [0.1, 0.15) is 35.0 Å². The van der Waals surface area contributed by atoms with Crippen LogP contribution in [0.3, 0.4) is 0 Å². The molecule has 0 saturated carbocycles. The number of benzene rings is 1. The van der Waals surface area contributed by atoms with Gasteiger partial charge in [-0.1, -0.05) is 6.07 Å². The lowest BCUT2D eigenvalue weighted by atomic mass is 9.85. The fraction of sp³-hybridized carbons (Fsp3) is 0.350. The van der Waals surface area contributed by atoms with Crippen molar-refractivity contribution >= 4 is 17.6 Å². The zero-order valence-electron chi connectivity index (χ0n) is 16.6. The van der Waals surface area contributed by atoms with Crippen LogP contribution in [0.25, 0.3) is 0 Å². The van der Waals surface area contributed by atoms with E-state index < -0.39 is 18.0 Å². The first kappa shape index (κ1) is 21.3. The van der Waals surface area contributed by atoms with E-state index in [1.165, 1.54) is 42.5 Å². The minimum atomic E-state index is -1.17. The molecule has 0 radical (unpaired) electrons. The van der Waals surface area contributed by atoms with Gasteiger partial charge in [0.2, 0.25) is 11.8 Å². The normalized spacial score (nSPS) is 18.9. The molecule has 1 atom stereocenters. The molecule has 2 N–H and O–H groups in total. The summed E-state index contributed by atoms with van der Waals surface area (Å²) in [5.41, 5.74) is 5.42. The van der Waals surface area contributed by atoms with Crippen LogP contribution < -0.4 is 10.5 Å². The minimum absolute atomic E-state index is 0.0000250. The third kappa shape index (κ3) is 4.42. The second-order valence-electron chi connectivity index (χ2n) is 7.06. The van der Waals surface area contributed by atoms with E-state index in [1.54, 1.807) is 6.92 Å². The summed E-state index contributed by atoms with van der Waals surface area (Å²) in [6.07, 6.45) is 2.37. The molecule has 8 nitrogen and oxygen atoms in total. The zero-order valence-corrected chi connectivity index (χ0v) is 16.6. The van der Waals surface area contributed by atoms with E-state index in [4.69, 9.17) is 10.5 Å². The number of halogens is 2. The Morgan fingerprint density at radius 3 is 2.73 bits per heavy atom. The number of hydrogen-bond acceptors (Lipinski definition) is 7. The van der Waals surface area contributed by atoms with E-state index in [9.17, 15) is 18.4 Å². The number of amides is 1. The molecule has 0 aliphatic carbocycles. The molecule has 3 rings (SSSR count). The van der Waals surface area contributed by atoms with Crippen LogP contribution in [-0.2, 0) is 16.8 Å². The zero-order chi connectivity index (χ0) is 21.9. The molecule has 158 valence electrons. The van der Waals surface area contributed by atoms with Gasteiger partial charge in [-0.15, -0.1) is 0 Å². The summed E-state index contributed by atoms with van der Waals surface area (Å²) in [6, 6.07) is 4.22. The molecule has 0 fully saturated rings. The highest BCUT2D eigenvalue weighted by atomic mass is 19.1. The number of nitrogens with two attached hydrogens (primary N) is 1. The molecule has 1 amide bonds. The van der Waals surface area contributed by atoms with Crippen LogP contribution in [0.4, 0.5) is 8.78 Å². The average molecular weight is 417 g/mol. The third-order valence-electron chi connectivity index (χ3n) is 4.79. The average Bonchev–Trinajstić information content (AvgIpc) is 2.72. The number of carbonyl (C=O) groups is 2. The van der Waals surface area contributed by atoms with Gasteiger partial charge in [0.05, 0.1) is 24.4 Å². The Labute approximate surface area is 171 Å². The predicted octanol–water partition coefficient (Wildman–Crippen LogP) is 1.78. The smallest absolute Gasteiger partial charge is 0.232 e. The van der Waals surface area contributed by atoms with E-state index in [0.29, 0.717) is 5.56 Å². The number of ketones is 1. The Morgan fingerprint density at radius 2 is 2.10 bits per heavy atom. The molecule has 1 aromatic heterocycles. The van der Waals surface area contributed by atoms with Crippen molar-refractivity contribution in [3.05, 3.63) is 53.2 Å². The Hall–Kier alpha value is -3.43. The Balaban J connectivity index is 1.82. The lowest BCUT2D eigenvalue weighted by Gasteiger charge is -2.34. The van der Waals surface area contributed by atoms with Gasteiger partial charge in [-0.25, -0.2) is 23.7 Å². The van der Waals surface area contributed by atoms with Crippen molar-refractivity contribution in [3.8, 4) is 5.88 Å². The van der Waals surface area contributed by atoms with Gasteiger partial charge in [-0.2, -0.15) is 0 Å². The van der Waals surface area contributed by atoms with Gasteiger partial charge in [0.25, 0.3) is 0 Å². The maximum Gasteiger partial charge on any atom is 0.232 e. The number of guanidine groups is 1. The quantitative estimate of drug-likeness (QED) is 0.688. The molecule has 0 bridgehead atoms. The van der Waals surface area contributed by atoms with Crippen LogP contribution >= 0.6 is 0 Å². The maximum absolute atomic E-state index is 14.6. The number of hydrogen-bond donors (Lipinski definition) is 1. The lowest BCUT2D eigenvalue weighted by molar-refractivity contribution is -0.128. The maximum atomic E-state index is 14.6. The van der Waals surface area contributed by atoms with Crippen molar-refractivity contribution in [1.29, 1.82) is 0 Å². The van der Waals surface area contributed by atoms with E-state index in [0.717, 1.165) is 0 Å². The molecule has 2 aromatic rings. The first-order valence-electron chi connectivity index (χ1n) is 9.18. The molecule has 1 aliphatic heterocycles. The summed E-state index contributed by atoms with van der Waals surface area (Å²) in [5, 5.41) is 0. The molecular weight excluding hydrogens is 396 g/mol. The first-order chi connectivity index (χ1) is 14.2. The monoisotopic (exact) mass is 417 g/mol. The van der Waals surface area contributed by atoms with Crippen molar-refractivity contribution in [3.63, 3.8) is 0 Å². The van der Waals surface area contributed by atoms with Crippen molar-refractivity contribution in [1.82, 2.24) is 14.9 Å². The minimum Gasteiger partial charge on any atom is -0.474 e. The molecule has 1 aromatic carbocycles. The van der Waals surface area contributed by atoms with E-state index in [2.05, 4.69) is 15.0 Å². The van der Waals surface area contributed by atoms with Gasteiger partial charge in [-0.3, -0.25) is 14.5 Å². The van der Waals surface area contributed by atoms with Crippen molar-refractivity contribution in [2.45, 2.75) is 25.3 Å². The summed E-state index contributed by atoms with van der Waals surface area (Å²) in [5.74, 6) is -1.05. The summed E-state index contributed by atoms with van der Waals surface area (Å²) in [7, 11) is 1.50. The molecule has 0 spiro atoms. The van der Waals surface area contributed by atoms with Crippen molar-refractivity contribution in [2.75, 3.05) is 20.3 Å². The van der Waals surface area contributed by atoms with Crippen LogP contribution in [0.5, 0.6) is 5.88 Å². The second-order valence-corrected chi connectivity index (χ2v) is 7.06. The number of aromatic nitrogens is 2. The number of nitrogens with zero attached hydrogens (tertiary/aromatic N) is 4. The molecular formula is C20H21F2N5O3. The van der Waals surface area contributed by atoms with E-state index in [1.807, 2.05) is 0 Å². The molecule has 1 unspecified atom stereocenters. The summed E-state index contributed by atoms with van der Waals surface area (Å²) in [4.78, 5) is 38.1. The van der Waals surface area contributed by atoms with Gasteiger partial charge >= 0.3 is 0 Å². The van der Waals surface area contributed by atoms with Gasteiger partial charge in [-0.05, 0) is 24.6 Å². The Kier molecular flexibility index (Phi) is 6.04. The molecule has 30 heavy (non-hydrogen) atoms. The summed E-state index contributed by atoms with van der Waals surface area (Å²) in [6.45, 7) is 0.812. The number of ether oxygens (including phenoxy) is 1. The highest BCUT2D eigenvalue weighted by Crippen LogP contribution is 2.35. The summed E-state index contributed by atoms with van der Waals surface area (Å²) >= 11 is 0. The van der Waals surface area contributed by atoms with Crippen LogP contribution in [0, 0.1) is 5.82 Å². The van der Waals surface area contributed by atoms with Gasteiger partial charge in [0, 0.05) is 19.0 Å². The number of Topliss-reactive ketones (excluding diaryl/α,β-unsaturated/α-hetero) is 1. The molecule has 1 aliphatic rings. The predicted molar refractivity (Wildman–Crippen MR) is 104 cm³/mol. The van der Waals surface area contributed by atoms with Crippen molar-refractivity contribution < 1.29 is 23.1 Å². The Bertz CT molecular complexity index is 996. The van der Waals surface area contributed by atoms with Crippen molar-refractivity contribution in [2.24, 2.45) is 10.7 Å². The fourth-order valence-electron chi connectivity index (χ4n) is 3.11. The highest BCUT2D eigenvalue weighted by molar-refractivity contribution is 5.99. The topological polar surface area (TPSA) is 111 Å². The SMILES string of the molecule is CN1C(=O)CC(C)(c2cc(CC(=O)c3cnc(OCCF)cn3)ccc2F)N=C1N. The number of carbonyl (C=O) groups excluding carboxylic acids is 2. The fourth-order valence-corrected chi connectivity index (χ4v) is 3.11. The van der Waals surface area contributed by atoms with Crippen LogP contribution in [-0.4, -0.2) is 52.8 Å². The third-order valence-corrected chi connectivity index (χ3v) is 4.79. The second kappa shape index (κ2) is 8.52. The number of aliphatic imine (C=N–C) groups is 1. The number of rotatable bonds is 7. The van der Waals surface area contributed by atoms with Crippen LogP contribution in [0.2, 0.25) is 0 Å². The van der Waals surface area contributed by atoms with Gasteiger partial charge in [0.15, 0.2) is 11.7 Å². The summed E-state index contributed by atoms with van der Waals surface area (Å²) < 4.78 is 31.7. The molecule has 10 heteroatoms.